The Hall–Kier alpha value is -1.88. The van der Waals surface area contributed by atoms with Gasteiger partial charge in [-0.15, -0.1) is 0 Å². The van der Waals surface area contributed by atoms with Crippen molar-refractivity contribution in [3.8, 4) is 0 Å². The van der Waals surface area contributed by atoms with Crippen molar-refractivity contribution >= 4 is 16.6 Å². The lowest BCUT2D eigenvalue weighted by molar-refractivity contribution is -0.384. The number of likely N-dealkylation sites (tertiary alicyclic amines) is 1. The van der Waals surface area contributed by atoms with Gasteiger partial charge < -0.3 is 9.47 Å². The number of hydrogen-bond acceptors (Lipinski definition) is 3. The van der Waals surface area contributed by atoms with Gasteiger partial charge in [-0.3, -0.25) is 10.1 Å². The molecule has 0 aliphatic carbocycles. The molecule has 1 aliphatic heterocycles. The van der Waals surface area contributed by atoms with E-state index < -0.39 is 0 Å². The molecular weight excluding hydrogens is 254 g/mol. The number of nitro benzene ring substituents is 1. The van der Waals surface area contributed by atoms with Gasteiger partial charge in [-0.1, -0.05) is 0 Å². The Balaban J connectivity index is 1.85. The minimum absolute atomic E-state index is 0.157. The highest BCUT2D eigenvalue weighted by molar-refractivity contribution is 5.86. The molecule has 0 bridgehead atoms. The first kappa shape index (κ1) is 13.1. The summed E-state index contributed by atoms with van der Waals surface area (Å²) in [6, 6.07) is 5.14. The van der Waals surface area contributed by atoms with Crippen LogP contribution in [0.5, 0.6) is 0 Å². The summed E-state index contributed by atoms with van der Waals surface area (Å²) in [4.78, 5) is 13.0. The summed E-state index contributed by atoms with van der Waals surface area (Å²) in [5, 5.41) is 12.0. The molecule has 5 nitrogen and oxygen atoms in total. The van der Waals surface area contributed by atoms with E-state index in [2.05, 4.69) is 11.1 Å². The average Bonchev–Trinajstić information content (AvgIpc) is 3.05. The summed E-state index contributed by atoms with van der Waals surface area (Å²) in [6.45, 7) is 3.49. The number of aryl methyl sites for hydroxylation is 1. The molecule has 0 N–H and O–H groups in total. The number of rotatable bonds is 4. The van der Waals surface area contributed by atoms with E-state index in [-0.39, 0.29) is 10.6 Å². The molecule has 5 heteroatoms. The lowest BCUT2D eigenvalue weighted by Crippen LogP contribution is -2.21. The van der Waals surface area contributed by atoms with E-state index >= 15 is 0 Å². The molecule has 0 spiro atoms. The number of nitro groups is 1. The standard InChI is InChI=1S/C15H19N3O2/c1-16-11-12(6-9-17-7-2-3-8-17)14-5-4-13(18(19)20)10-15(14)16/h4-5,10-11H,2-3,6-9H2,1H3. The van der Waals surface area contributed by atoms with Crippen molar-refractivity contribution in [2.45, 2.75) is 19.3 Å². The first-order chi connectivity index (χ1) is 9.65. The summed E-state index contributed by atoms with van der Waals surface area (Å²) in [5.41, 5.74) is 2.38. The topological polar surface area (TPSA) is 51.3 Å². The molecule has 20 heavy (non-hydrogen) atoms. The van der Waals surface area contributed by atoms with Crippen LogP contribution in [0, 0.1) is 10.1 Å². The summed E-state index contributed by atoms with van der Waals surface area (Å²) in [6.07, 6.45) is 5.73. The fraction of sp³-hybridized carbons (Fsp3) is 0.467. The highest BCUT2D eigenvalue weighted by Gasteiger charge is 2.15. The van der Waals surface area contributed by atoms with Crippen LogP contribution in [0.2, 0.25) is 0 Å². The Labute approximate surface area is 117 Å². The number of nitrogens with zero attached hydrogens (tertiary/aromatic N) is 3. The number of benzene rings is 1. The second-order valence-corrected chi connectivity index (χ2v) is 5.52. The van der Waals surface area contributed by atoms with Crippen molar-refractivity contribution in [2.75, 3.05) is 19.6 Å². The van der Waals surface area contributed by atoms with Crippen molar-refractivity contribution in [3.63, 3.8) is 0 Å². The van der Waals surface area contributed by atoms with Gasteiger partial charge in [-0.25, -0.2) is 0 Å². The molecule has 0 unspecified atom stereocenters. The highest BCUT2D eigenvalue weighted by atomic mass is 16.6. The van der Waals surface area contributed by atoms with Crippen LogP contribution >= 0.6 is 0 Å². The molecule has 0 atom stereocenters. The summed E-state index contributed by atoms with van der Waals surface area (Å²) in [5.74, 6) is 0. The number of fused-ring (bicyclic) bond motifs is 1. The third-order valence-corrected chi connectivity index (χ3v) is 4.16. The normalized spacial score (nSPS) is 16.1. The van der Waals surface area contributed by atoms with E-state index in [9.17, 15) is 10.1 Å². The maximum absolute atomic E-state index is 10.9. The lowest BCUT2D eigenvalue weighted by Gasteiger charge is -2.13. The van der Waals surface area contributed by atoms with Crippen LogP contribution in [-0.2, 0) is 13.5 Å². The molecule has 1 fully saturated rings. The Morgan fingerprint density at radius 1 is 1.30 bits per heavy atom. The predicted octanol–water partition coefficient (Wildman–Crippen LogP) is 2.72. The van der Waals surface area contributed by atoms with Gasteiger partial charge in [0.1, 0.15) is 0 Å². The van der Waals surface area contributed by atoms with Crippen LogP contribution in [0.25, 0.3) is 10.9 Å². The molecular formula is C15H19N3O2. The van der Waals surface area contributed by atoms with Gasteiger partial charge >= 0.3 is 0 Å². The molecule has 1 aromatic carbocycles. The summed E-state index contributed by atoms with van der Waals surface area (Å²) in [7, 11) is 1.95. The van der Waals surface area contributed by atoms with E-state index in [1.54, 1.807) is 12.1 Å². The Kier molecular flexibility index (Phi) is 3.44. The van der Waals surface area contributed by atoms with Crippen LogP contribution < -0.4 is 0 Å². The number of aromatic nitrogens is 1. The third kappa shape index (κ3) is 2.41. The van der Waals surface area contributed by atoms with Gasteiger partial charge in [0.05, 0.1) is 10.4 Å². The van der Waals surface area contributed by atoms with Gasteiger partial charge in [0.15, 0.2) is 0 Å². The second kappa shape index (κ2) is 5.25. The number of hydrogen-bond donors (Lipinski definition) is 0. The quantitative estimate of drug-likeness (QED) is 0.635. The molecule has 106 valence electrons. The van der Waals surface area contributed by atoms with Gasteiger partial charge in [0, 0.05) is 37.3 Å². The fourth-order valence-corrected chi connectivity index (χ4v) is 3.05. The fourth-order valence-electron chi connectivity index (χ4n) is 3.05. The molecule has 2 heterocycles. The zero-order valence-corrected chi connectivity index (χ0v) is 11.7. The van der Waals surface area contributed by atoms with Crippen molar-refractivity contribution in [1.82, 2.24) is 9.47 Å². The Morgan fingerprint density at radius 3 is 2.75 bits per heavy atom. The zero-order valence-electron chi connectivity index (χ0n) is 11.7. The molecule has 3 rings (SSSR count). The molecule has 1 saturated heterocycles. The highest BCUT2D eigenvalue weighted by Crippen LogP contribution is 2.25. The van der Waals surface area contributed by atoms with Crippen LogP contribution in [0.1, 0.15) is 18.4 Å². The molecule has 0 saturated carbocycles. The molecule has 2 aromatic rings. The first-order valence-corrected chi connectivity index (χ1v) is 7.10. The smallest absolute Gasteiger partial charge is 0.271 e. The average molecular weight is 273 g/mol. The van der Waals surface area contributed by atoms with Gasteiger partial charge in [-0.05, 0) is 44.0 Å². The first-order valence-electron chi connectivity index (χ1n) is 7.10. The van der Waals surface area contributed by atoms with E-state index in [4.69, 9.17) is 0 Å². The van der Waals surface area contributed by atoms with Crippen molar-refractivity contribution < 1.29 is 4.92 Å². The van der Waals surface area contributed by atoms with E-state index in [0.717, 1.165) is 23.9 Å². The van der Waals surface area contributed by atoms with E-state index in [0.29, 0.717) is 0 Å². The van der Waals surface area contributed by atoms with E-state index in [1.165, 1.54) is 31.5 Å². The largest absolute Gasteiger partial charge is 0.350 e. The summed E-state index contributed by atoms with van der Waals surface area (Å²) >= 11 is 0. The van der Waals surface area contributed by atoms with Gasteiger partial charge in [-0.2, -0.15) is 0 Å². The Bertz CT molecular complexity index is 642. The molecule has 1 aromatic heterocycles. The zero-order chi connectivity index (χ0) is 14.1. The minimum atomic E-state index is -0.337. The maximum Gasteiger partial charge on any atom is 0.271 e. The molecule has 0 amide bonds. The van der Waals surface area contributed by atoms with Gasteiger partial charge in [0.2, 0.25) is 0 Å². The predicted molar refractivity (Wildman–Crippen MR) is 79.0 cm³/mol. The van der Waals surface area contributed by atoms with Crippen LogP contribution in [0.15, 0.2) is 24.4 Å². The number of non-ortho nitro benzene ring substituents is 1. The SMILES string of the molecule is Cn1cc(CCN2CCCC2)c2ccc([N+](=O)[O-])cc21. The third-order valence-electron chi connectivity index (χ3n) is 4.16. The van der Waals surface area contributed by atoms with Crippen molar-refractivity contribution in [1.29, 1.82) is 0 Å². The van der Waals surface area contributed by atoms with E-state index in [1.807, 2.05) is 17.7 Å². The second-order valence-electron chi connectivity index (χ2n) is 5.52. The summed E-state index contributed by atoms with van der Waals surface area (Å²) < 4.78 is 1.99. The molecule has 0 radical (unpaired) electrons. The molecule has 1 aliphatic rings. The monoisotopic (exact) mass is 273 g/mol. The van der Waals surface area contributed by atoms with Gasteiger partial charge in [0.25, 0.3) is 5.69 Å². The Morgan fingerprint density at radius 2 is 2.05 bits per heavy atom. The minimum Gasteiger partial charge on any atom is -0.350 e. The lowest BCUT2D eigenvalue weighted by atomic mass is 10.1. The van der Waals surface area contributed by atoms with Crippen molar-refractivity contribution in [2.24, 2.45) is 7.05 Å². The van der Waals surface area contributed by atoms with Crippen molar-refractivity contribution in [3.05, 3.63) is 40.1 Å². The van der Waals surface area contributed by atoms with Crippen LogP contribution in [0.3, 0.4) is 0 Å². The maximum atomic E-state index is 10.9. The van der Waals surface area contributed by atoms with Crippen LogP contribution in [0.4, 0.5) is 5.69 Å². The van der Waals surface area contributed by atoms with Crippen LogP contribution in [-0.4, -0.2) is 34.0 Å².